The molecule has 0 amide bonds. The summed E-state index contributed by atoms with van der Waals surface area (Å²) in [5, 5.41) is 0. The molecule has 0 aliphatic carbocycles. The lowest BCUT2D eigenvalue weighted by atomic mass is 9.93. The van der Waals surface area contributed by atoms with Gasteiger partial charge in [-0.25, -0.2) is 0 Å². The predicted molar refractivity (Wildman–Crippen MR) is 177 cm³/mol. The van der Waals surface area contributed by atoms with Crippen molar-refractivity contribution in [2.24, 2.45) is 5.92 Å². The summed E-state index contributed by atoms with van der Waals surface area (Å²) in [6.07, 6.45) is 46.2. The summed E-state index contributed by atoms with van der Waals surface area (Å²) >= 11 is 0. The molecule has 0 aromatic rings. The van der Waals surface area contributed by atoms with E-state index in [1.807, 2.05) is 0 Å². The fourth-order valence-electron chi connectivity index (χ4n) is 6.24. The van der Waals surface area contributed by atoms with Crippen molar-refractivity contribution in [2.75, 3.05) is 0 Å². The Kier molecular flexibility index (Phi) is 27.6. The number of unbranched alkanes of at least 4 members (excludes halogenated alkanes) is 29. The summed E-state index contributed by atoms with van der Waals surface area (Å²) < 4.78 is 5.37. The predicted octanol–water partition coefficient (Wildman–Crippen LogP) is 13.6. The number of ether oxygens (including phenoxy) is 1. The highest BCUT2D eigenvalue weighted by Gasteiger charge is 2.36. The number of carbonyl (C=O) groups is 1. The molecule has 0 radical (unpaired) electrons. The number of rotatable bonds is 32. The molecule has 2 nitrogen and oxygen atoms in total. The van der Waals surface area contributed by atoms with Crippen LogP contribution >= 0.6 is 0 Å². The fraction of sp³-hybridized carbons (Fsp3) is 0.921. The maximum atomic E-state index is 11.9. The quantitative estimate of drug-likeness (QED) is 0.0604. The van der Waals surface area contributed by atoms with Crippen molar-refractivity contribution in [3.63, 3.8) is 0 Å². The Morgan fingerprint density at radius 2 is 0.750 bits per heavy atom. The molecule has 1 rings (SSSR count). The van der Waals surface area contributed by atoms with Crippen LogP contribution in [0.1, 0.15) is 219 Å². The monoisotopic (exact) mass is 561 g/mol. The Hall–Kier alpha value is -0.790. The van der Waals surface area contributed by atoms with Crippen LogP contribution in [0.4, 0.5) is 0 Å². The zero-order valence-electron chi connectivity index (χ0n) is 27.6. The first-order chi connectivity index (χ1) is 19.8. The summed E-state index contributed by atoms with van der Waals surface area (Å²) in [6, 6.07) is 0. The fourth-order valence-corrected chi connectivity index (χ4v) is 6.24. The molecule has 1 atom stereocenters. The second-order valence-electron chi connectivity index (χ2n) is 13.1. The van der Waals surface area contributed by atoms with Gasteiger partial charge in [0.2, 0.25) is 0 Å². The lowest BCUT2D eigenvalue weighted by molar-refractivity contribution is -0.157. The average molecular weight is 561 g/mol. The minimum Gasteiger partial charge on any atom is -0.430 e. The topological polar surface area (TPSA) is 26.3 Å². The van der Waals surface area contributed by atoms with Gasteiger partial charge in [0.1, 0.15) is 11.7 Å². The lowest BCUT2D eigenvalue weighted by Crippen LogP contribution is -2.32. The van der Waals surface area contributed by atoms with Crippen LogP contribution < -0.4 is 0 Å². The largest absolute Gasteiger partial charge is 0.430 e. The van der Waals surface area contributed by atoms with E-state index in [1.165, 1.54) is 193 Å². The molecule has 0 bridgehead atoms. The molecule has 0 spiro atoms. The van der Waals surface area contributed by atoms with Crippen molar-refractivity contribution in [1.29, 1.82) is 0 Å². The molecule has 0 saturated carbocycles. The van der Waals surface area contributed by atoms with Crippen LogP contribution in [0, 0.1) is 5.92 Å². The third kappa shape index (κ3) is 22.8. The summed E-state index contributed by atoms with van der Waals surface area (Å²) in [5.41, 5.74) is 0. The van der Waals surface area contributed by atoms with Gasteiger partial charge in [0.15, 0.2) is 0 Å². The van der Waals surface area contributed by atoms with Gasteiger partial charge in [-0.1, -0.05) is 200 Å². The molecule has 1 unspecified atom stereocenters. The SMILES string of the molecule is CCCCCCCCCCCCCCCCC/C=C1/OC(=O)C1CCCCCCCCCCCCCCCCC. The van der Waals surface area contributed by atoms with Gasteiger partial charge in [0, 0.05) is 0 Å². The van der Waals surface area contributed by atoms with Gasteiger partial charge in [-0.2, -0.15) is 0 Å². The molecule has 0 aromatic heterocycles. The summed E-state index contributed by atoms with van der Waals surface area (Å²) in [6.45, 7) is 4.59. The van der Waals surface area contributed by atoms with E-state index in [0.29, 0.717) is 0 Å². The first-order valence-corrected chi connectivity index (χ1v) is 18.7. The molecule has 0 aromatic carbocycles. The first kappa shape index (κ1) is 37.2. The highest BCUT2D eigenvalue weighted by atomic mass is 16.6. The van der Waals surface area contributed by atoms with Crippen molar-refractivity contribution in [1.82, 2.24) is 0 Å². The van der Waals surface area contributed by atoms with Crippen molar-refractivity contribution >= 4 is 5.97 Å². The highest BCUT2D eigenvalue weighted by Crippen LogP contribution is 2.32. The number of carbonyl (C=O) groups excluding carboxylic acids is 1. The van der Waals surface area contributed by atoms with E-state index in [4.69, 9.17) is 4.74 Å². The summed E-state index contributed by atoms with van der Waals surface area (Å²) in [7, 11) is 0. The lowest BCUT2D eigenvalue weighted by Gasteiger charge is -2.28. The third-order valence-corrected chi connectivity index (χ3v) is 9.10. The standard InChI is InChI=1S/C38H72O2/c1-3-5-7-9-11-13-15-17-19-21-23-25-27-29-31-33-35-37-36(38(39)40-37)34-32-30-28-26-24-22-20-18-16-14-12-10-8-6-4-2/h35-36H,3-34H2,1-2H3/b37-35+. The minimum atomic E-state index is 0.0214. The second-order valence-corrected chi connectivity index (χ2v) is 13.1. The zero-order chi connectivity index (χ0) is 28.8. The maximum Gasteiger partial charge on any atom is 0.321 e. The zero-order valence-corrected chi connectivity index (χ0v) is 27.6. The van der Waals surface area contributed by atoms with Gasteiger partial charge in [-0.3, -0.25) is 4.79 Å². The average Bonchev–Trinajstić information content (AvgIpc) is 2.96. The highest BCUT2D eigenvalue weighted by molar-refractivity contribution is 5.82. The van der Waals surface area contributed by atoms with E-state index in [2.05, 4.69) is 19.9 Å². The molecule has 1 saturated heterocycles. The van der Waals surface area contributed by atoms with E-state index in [9.17, 15) is 4.79 Å². The van der Waals surface area contributed by atoms with Crippen LogP contribution in [0.25, 0.3) is 0 Å². The third-order valence-electron chi connectivity index (χ3n) is 9.10. The molecule has 1 heterocycles. The van der Waals surface area contributed by atoms with Crippen LogP contribution in [-0.2, 0) is 9.53 Å². The molecule has 0 N–H and O–H groups in total. The smallest absolute Gasteiger partial charge is 0.321 e. The normalized spacial score (nSPS) is 16.0. The number of hydrogen-bond donors (Lipinski definition) is 0. The summed E-state index contributed by atoms with van der Waals surface area (Å²) in [4.78, 5) is 11.9. The molecular formula is C38H72O2. The Bertz CT molecular complexity index is 566. The Morgan fingerprint density at radius 3 is 1.07 bits per heavy atom. The molecule has 1 aliphatic heterocycles. The van der Waals surface area contributed by atoms with Crippen molar-refractivity contribution < 1.29 is 9.53 Å². The van der Waals surface area contributed by atoms with Gasteiger partial charge >= 0.3 is 5.97 Å². The maximum absolute atomic E-state index is 11.9. The van der Waals surface area contributed by atoms with Gasteiger partial charge in [-0.05, 0) is 25.3 Å². The number of hydrogen-bond acceptors (Lipinski definition) is 2. The minimum absolute atomic E-state index is 0.0214. The van der Waals surface area contributed by atoms with E-state index in [0.717, 1.165) is 18.6 Å². The molecule has 1 fully saturated rings. The molecular weight excluding hydrogens is 488 g/mol. The van der Waals surface area contributed by atoms with Crippen LogP contribution in [0.15, 0.2) is 11.8 Å². The van der Waals surface area contributed by atoms with Crippen LogP contribution in [0.2, 0.25) is 0 Å². The van der Waals surface area contributed by atoms with Crippen molar-refractivity contribution in [3.8, 4) is 0 Å². The molecule has 2 heteroatoms. The first-order valence-electron chi connectivity index (χ1n) is 18.7. The number of cyclic esters (lactones) is 1. The van der Waals surface area contributed by atoms with Crippen molar-refractivity contribution in [3.05, 3.63) is 11.8 Å². The van der Waals surface area contributed by atoms with Gasteiger partial charge in [0.25, 0.3) is 0 Å². The van der Waals surface area contributed by atoms with Crippen molar-refractivity contribution in [2.45, 2.75) is 219 Å². The van der Waals surface area contributed by atoms with E-state index >= 15 is 0 Å². The van der Waals surface area contributed by atoms with Gasteiger partial charge in [-0.15, -0.1) is 0 Å². The Morgan fingerprint density at radius 1 is 0.450 bits per heavy atom. The molecule has 236 valence electrons. The van der Waals surface area contributed by atoms with Gasteiger partial charge in [0.05, 0.1) is 0 Å². The summed E-state index contributed by atoms with van der Waals surface area (Å²) in [5.74, 6) is 1.09. The molecule has 40 heavy (non-hydrogen) atoms. The van der Waals surface area contributed by atoms with Crippen LogP contribution in [0.5, 0.6) is 0 Å². The van der Waals surface area contributed by atoms with E-state index in [1.54, 1.807) is 0 Å². The second kappa shape index (κ2) is 29.7. The van der Waals surface area contributed by atoms with E-state index < -0.39 is 0 Å². The number of allylic oxidation sites excluding steroid dienone is 1. The Labute approximate surface area is 252 Å². The number of esters is 1. The van der Waals surface area contributed by atoms with Crippen LogP contribution in [-0.4, -0.2) is 5.97 Å². The molecule has 1 aliphatic rings. The Balaban J connectivity index is 1.83. The van der Waals surface area contributed by atoms with E-state index in [-0.39, 0.29) is 11.9 Å². The van der Waals surface area contributed by atoms with Crippen LogP contribution in [0.3, 0.4) is 0 Å². The van der Waals surface area contributed by atoms with Gasteiger partial charge < -0.3 is 4.74 Å².